The molecule has 0 saturated heterocycles. The van der Waals surface area contributed by atoms with Crippen molar-refractivity contribution in [3.63, 3.8) is 0 Å². The van der Waals surface area contributed by atoms with Gasteiger partial charge in [-0.15, -0.1) is 0 Å². The molecule has 0 atom stereocenters. The Labute approximate surface area is 174 Å². The average molecular weight is 402 g/mol. The number of para-hydroxylation sites is 1. The van der Waals surface area contributed by atoms with Gasteiger partial charge in [0.2, 0.25) is 0 Å². The lowest BCUT2D eigenvalue weighted by molar-refractivity contribution is 0.301. The molecule has 4 aromatic rings. The number of tetrazole rings is 1. The van der Waals surface area contributed by atoms with E-state index in [1.165, 1.54) is 9.36 Å². The van der Waals surface area contributed by atoms with Crippen molar-refractivity contribution < 1.29 is 9.47 Å². The molecule has 0 radical (unpaired) electrons. The first-order chi connectivity index (χ1) is 14.5. The summed E-state index contributed by atoms with van der Waals surface area (Å²) in [6.07, 6.45) is 0. The second kappa shape index (κ2) is 8.24. The Morgan fingerprint density at radius 1 is 0.867 bits per heavy atom. The highest BCUT2D eigenvalue weighted by Gasteiger charge is 2.14. The monoisotopic (exact) mass is 402 g/mol. The standard InChI is InChI=1S/C23H22N4O3/c1-16-8-7-11-21(27-23(28)26(3)24-25-27)20(16)15-29-22-14-19(13-12-17(22)2)30-18-9-5-4-6-10-18/h4-14H,15H2,1-3H3. The van der Waals surface area contributed by atoms with Crippen molar-refractivity contribution in [2.24, 2.45) is 7.05 Å². The van der Waals surface area contributed by atoms with Crippen LogP contribution in [0.25, 0.3) is 5.69 Å². The van der Waals surface area contributed by atoms with Crippen LogP contribution in [0.3, 0.4) is 0 Å². The zero-order chi connectivity index (χ0) is 21.1. The fraction of sp³-hybridized carbons (Fsp3) is 0.174. The van der Waals surface area contributed by atoms with Crippen LogP contribution in [-0.2, 0) is 13.7 Å². The van der Waals surface area contributed by atoms with E-state index in [0.29, 0.717) is 17.2 Å². The Morgan fingerprint density at radius 2 is 1.67 bits per heavy atom. The first-order valence-electron chi connectivity index (χ1n) is 9.57. The minimum absolute atomic E-state index is 0.278. The summed E-state index contributed by atoms with van der Waals surface area (Å²) in [6.45, 7) is 4.24. The van der Waals surface area contributed by atoms with Gasteiger partial charge in [-0.05, 0) is 59.7 Å². The van der Waals surface area contributed by atoms with Crippen LogP contribution < -0.4 is 15.2 Å². The van der Waals surface area contributed by atoms with Crippen LogP contribution in [0.15, 0.2) is 71.5 Å². The second-order valence-electron chi connectivity index (χ2n) is 7.00. The SMILES string of the molecule is Cc1ccc(Oc2ccccc2)cc1OCc1c(C)cccc1-n1nnn(C)c1=O. The Morgan fingerprint density at radius 3 is 2.40 bits per heavy atom. The fourth-order valence-electron chi connectivity index (χ4n) is 3.11. The van der Waals surface area contributed by atoms with Crippen molar-refractivity contribution in [2.75, 3.05) is 0 Å². The molecule has 7 heteroatoms. The summed E-state index contributed by atoms with van der Waals surface area (Å²) >= 11 is 0. The molecule has 0 amide bonds. The van der Waals surface area contributed by atoms with E-state index in [9.17, 15) is 4.79 Å². The lowest BCUT2D eigenvalue weighted by Gasteiger charge is -2.15. The van der Waals surface area contributed by atoms with Crippen molar-refractivity contribution in [1.29, 1.82) is 0 Å². The molecule has 152 valence electrons. The van der Waals surface area contributed by atoms with E-state index in [-0.39, 0.29) is 12.3 Å². The summed E-state index contributed by atoms with van der Waals surface area (Å²) in [4.78, 5) is 12.3. The van der Waals surface area contributed by atoms with Gasteiger partial charge in [0.1, 0.15) is 23.9 Å². The summed E-state index contributed by atoms with van der Waals surface area (Å²) < 4.78 is 14.5. The number of rotatable bonds is 6. The molecule has 0 N–H and O–H groups in total. The summed E-state index contributed by atoms with van der Waals surface area (Å²) in [5.74, 6) is 2.16. The quantitative estimate of drug-likeness (QED) is 0.488. The van der Waals surface area contributed by atoms with E-state index in [4.69, 9.17) is 9.47 Å². The van der Waals surface area contributed by atoms with Crippen LogP contribution in [0.2, 0.25) is 0 Å². The molecule has 0 fully saturated rings. The molecule has 0 saturated carbocycles. The number of aromatic nitrogens is 4. The molecule has 3 aromatic carbocycles. The Kier molecular flexibility index (Phi) is 5.34. The van der Waals surface area contributed by atoms with E-state index in [1.807, 2.05) is 80.6 Å². The number of aryl methyl sites for hydroxylation is 3. The van der Waals surface area contributed by atoms with Gasteiger partial charge in [-0.2, -0.15) is 9.36 Å². The molecular weight excluding hydrogens is 380 g/mol. The van der Waals surface area contributed by atoms with Crippen molar-refractivity contribution in [3.05, 3.63) is 93.9 Å². The minimum Gasteiger partial charge on any atom is -0.488 e. The lowest BCUT2D eigenvalue weighted by Crippen LogP contribution is -2.23. The molecule has 0 bridgehead atoms. The van der Waals surface area contributed by atoms with Crippen molar-refractivity contribution in [1.82, 2.24) is 19.8 Å². The lowest BCUT2D eigenvalue weighted by atomic mass is 10.1. The number of nitrogens with zero attached hydrogens (tertiary/aromatic N) is 4. The molecule has 0 aliphatic rings. The number of benzene rings is 3. The van der Waals surface area contributed by atoms with Gasteiger partial charge < -0.3 is 9.47 Å². The van der Waals surface area contributed by atoms with Gasteiger partial charge in [0.05, 0.1) is 5.69 Å². The maximum Gasteiger partial charge on any atom is 0.368 e. The fourth-order valence-corrected chi connectivity index (χ4v) is 3.11. The Bertz CT molecular complexity index is 1230. The normalized spacial score (nSPS) is 10.8. The van der Waals surface area contributed by atoms with Gasteiger partial charge in [-0.3, -0.25) is 0 Å². The number of ether oxygens (including phenoxy) is 2. The Balaban J connectivity index is 1.60. The summed E-state index contributed by atoms with van der Waals surface area (Å²) in [7, 11) is 1.57. The van der Waals surface area contributed by atoms with E-state index in [1.54, 1.807) is 7.05 Å². The van der Waals surface area contributed by atoms with Gasteiger partial charge in [0, 0.05) is 18.7 Å². The smallest absolute Gasteiger partial charge is 0.368 e. The molecule has 4 rings (SSSR count). The largest absolute Gasteiger partial charge is 0.488 e. The third-order valence-corrected chi connectivity index (χ3v) is 4.85. The first-order valence-corrected chi connectivity index (χ1v) is 9.57. The van der Waals surface area contributed by atoms with E-state index < -0.39 is 0 Å². The van der Waals surface area contributed by atoms with Gasteiger partial charge in [-0.1, -0.05) is 36.4 Å². The van der Waals surface area contributed by atoms with E-state index in [2.05, 4.69) is 10.4 Å². The highest BCUT2D eigenvalue weighted by Crippen LogP contribution is 2.29. The zero-order valence-electron chi connectivity index (χ0n) is 17.1. The third-order valence-electron chi connectivity index (χ3n) is 4.85. The van der Waals surface area contributed by atoms with E-state index in [0.717, 1.165) is 22.4 Å². The predicted octanol–water partition coefficient (Wildman–Crippen LogP) is 3.95. The van der Waals surface area contributed by atoms with Gasteiger partial charge >= 0.3 is 5.69 Å². The van der Waals surface area contributed by atoms with Crippen LogP contribution in [0.1, 0.15) is 16.7 Å². The van der Waals surface area contributed by atoms with Crippen LogP contribution in [0, 0.1) is 13.8 Å². The zero-order valence-corrected chi connectivity index (χ0v) is 17.1. The summed E-state index contributed by atoms with van der Waals surface area (Å²) in [5, 5.41) is 7.77. The van der Waals surface area contributed by atoms with Crippen molar-refractivity contribution in [3.8, 4) is 22.9 Å². The molecule has 0 unspecified atom stereocenters. The first kappa shape index (κ1) is 19.4. The number of hydrogen-bond acceptors (Lipinski definition) is 5. The molecule has 0 aliphatic heterocycles. The molecular formula is C23H22N4O3. The molecule has 30 heavy (non-hydrogen) atoms. The minimum atomic E-state index is -0.309. The van der Waals surface area contributed by atoms with Crippen molar-refractivity contribution in [2.45, 2.75) is 20.5 Å². The van der Waals surface area contributed by atoms with Crippen molar-refractivity contribution >= 4 is 0 Å². The highest BCUT2D eigenvalue weighted by atomic mass is 16.5. The molecule has 0 aliphatic carbocycles. The van der Waals surface area contributed by atoms with Gasteiger partial charge in [0.15, 0.2) is 0 Å². The van der Waals surface area contributed by atoms with Gasteiger partial charge in [0.25, 0.3) is 0 Å². The second-order valence-corrected chi connectivity index (χ2v) is 7.00. The number of hydrogen-bond donors (Lipinski definition) is 0. The van der Waals surface area contributed by atoms with Crippen LogP contribution in [0.4, 0.5) is 0 Å². The van der Waals surface area contributed by atoms with Gasteiger partial charge in [-0.25, -0.2) is 4.79 Å². The summed E-state index contributed by atoms with van der Waals surface area (Å²) in [6, 6.07) is 21.0. The third kappa shape index (κ3) is 3.96. The maximum absolute atomic E-state index is 12.3. The van der Waals surface area contributed by atoms with E-state index >= 15 is 0 Å². The van der Waals surface area contributed by atoms with Crippen LogP contribution >= 0.6 is 0 Å². The van der Waals surface area contributed by atoms with Crippen LogP contribution in [0.5, 0.6) is 17.2 Å². The average Bonchev–Trinajstić information content (AvgIpc) is 3.08. The molecule has 1 aromatic heterocycles. The molecule has 1 heterocycles. The topological polar surface area (TPSA) is 71.2 Å². The summed E-state index contributed by atoms with van der Waals surface area (Å²) in [5.41, 5.74) is 3.20. The van der Waals surface area contributed by atoms with Crippen LogP contribution in [-0.4, -0.2) is 19.8 Å². The highest BCUT2D eigenvalue weighted by molar-refractivity contribution is 5.46. The Hall–Kier alpha value is -3.87. The predicted molar refractivity (Wildman–Crippen MR) is 113 cm³/mol. The molecule has 0 spiro atoms. The maximum atomic E-state index is 12.3. The molecule has 7 nitrogen and oxygen atoms in total.